The molecule has 0 aliphatic heterocycles. The predicted molar refractivity (Wildman–Crippen MR) is 77.4 cm³/mol. The molecular weight excluding hydrogens is 238 g/mol. The zero-order valence-electron chi connectivity index (χ0n) is 12.1. The van der Waals surface area contributed by atoms with E-state index in [4.69, 9.17) is 4.74 Å². The molecule has 4 heteroatoms. The molecule has 1 aromatic rings. The normalized spacial score (nSPS) is 14.9. The summed E-state index contributed by atoms with van der Waals surface area (Å²) >= 11 is 0. The molecule has 0 unspecified atom stereocenters. The van der Waals surface area contributed by atoms with Gasteiger partial charge in [0.1, 0.15) is 6.61 Å². The van der Waals surface area contributed by atoms with Crippen molar-refractivity contribution in [2.45, 2.75) is 38.8 Å². The monoisotopic (exact) mass is 263 g/mol. The Labute approximate surface area is 116 Å². The first-order valence-corrected chi connectivity index (χ1v) is 7.28. The first-order valence-electron chi connectivity index (χ1n) is 7.28. The van der Waals surface area contributed by atoms with Gasteiger partial charge >= 0.3 is 0 Å². The van der Waals surface area contributed by atoms with E-state index in [1.54, 1.807) is 0 Å². The summed E-state index contributed by atoms with van der Waals surface area (Å²) in [6.45, 7) is 5.79. The lowest BCUT2D eigenvalue weighted by molar-refractivity contribution is 0.226. The van der Waals surface area contributed by atoms with Crippen LogP contribution in [0.4, 0.5) is 0 Å². The summed E-state index contributed by atoms with van der Waals surface area (Å²) in [6.07, 6.45) is 5.66. The Balaban J connectivity index is 1.71. The highest BCUT2D eigenvalue weighted by Crippen LogP contribution is 2.24. The number of hydrogen-bond acceptors (Lipinski definition) is 4. The van der Waals surface area contributed by atoms with Gasteiger partial charge in [-0.15, -0.1) is 0 Å². The van der Waals surface area contributed by atoms with Gasteiger partial charge in [-0.1, -0.05) is 6.92 Å². The fourth-order valence-electron chi connectivity index (χ4n) is 2.04. The Bertz CT molecular complexity index is 379. The van der Waals surface area contributed by atoms with E-state index in [1.165, 1.54) is 18.4 Å². The second-order valence-electron chi connectivity index (χ2n) is 5.24. The van der Waals surface area contributed by atoms with Crippen LogP contribution < -0.4 is 10.1 Å². The van der Waals surface area contributed by atoms with Crippen molar-refractivity contribution in [2.24, 2.45) is 0 Å². The van der Waals surface area contributed by atoms with Crippen molar-refractivity contribution in [3.63, 3.8) is 0 Å². The van der Waals surface area contributed by atoms with E-state index in [0.717, 1.165) is 38.0 Å². The fourth-order valence-corrected chi connectivity index (χ4v) is 2.04. The van der Waals surface area contributed by atoms with E-state index in [2.05, 4.69) is 29.2 Å². The summed E-state index contributed by atoms with van der Waals surface area (Å²) < 4.78 is 5.72. The molecular formula is C15H25N3O. The van der Waals surface area contributed by atoms with Crippen LogP contribution >= 0.6 is 0 Å². The van der Waals surface area contributed by atoms with Gasteiger partial charge in [0.25, 0.3) is 0 Å². The summed E-state index contributed by atoms with van der Waals surface area (Å²) in [5.74, 6) is 0.736. The zero-order valence-corrected chi connectivity index (χ0v) is 12.1. The van der Waals surface area contributed by atoms with Crippen LogP contribution in [0.3, 0.4) is 0 Å². The number of hydrogen-bond donors (Lipinski definition) is 1. The Kier molecular flexibility index (Phi) is 5.61. The topological polar surface area (TPSA) is 37.4 Å². The number of nitrogens with zero attached hydrogens (tertiary/aromatic N) is 2. The predicted octanol–water partition coefficient (Wildman–Crippen LogP) is 2.05. The number of rotatable bonds is 9. The van der Waals surface area contributed by atoms with E-state index in [0.29, 0.717) is 6.61 Å². The smallest absolute Gasteiger partial charge is 0.213 e. The fraction of sp³-hybridized carbons (Fsp3) is 0.667. The highest BCUT2D eigenvalue weighted by atomic mass is 16.5. The van der Waals surface area contributed by atoms with E-state index in [-0.39, 0.29) is 0 Å². The first-order chi connectivity index (χ1) is 9.29. The van der Waals surface area contributed by atoms with E-state index in [9.17, 15) is 0 Å². The van der Waals surface area contributed by atoms with Crippen LogP contribution in [0.5, 0.6) is 5.88 Å². The summed E-state index contributed by atoms with van der Waals surface area (Å²) in [5, 5.41) is 3.38. The molecule has 0 saturated heterocycles. The molecule has 1 heterocycles. The van der Waals surface area contributed by atoms with Crippen molar-refractivity contribution in [3.8, 4) is 5.88 Å². The van der Waals surface area contributed by atoms with Gasteiger partial charge in [0.2, 0.25) is 5.88 Å². The van der Waals surface area contributed by atoms with Gasteiger partial charge in [-0.05, 0) is 44.5 Å². The molecule has 0 atom stereocenters. The zero-order chi connectivity index (χ0) is 13.5. The molecule has 19 heavy (non-hydrogen) atoms. The number of aromatic nitrogens is 1. The Morgan fingerprint density at radius 1 is 1.47 bits per heavy atom. The maximum atomic E-state index is 5.72. The molecule has 1 saturated carbocycles. The third kappa shape index (κ3) is 5.17. The lowest BCUT2D eigenvalue weighted by atomic mass is 10.2. The van der Waals surface area contributed by atoms with Crippen LogP contribution in [-0.4, -0.2) is 42.7 Å². The van der Waals surface area contributed by atoms with Crippen molar-refractivity contribution in [1.29, 1.82) is 0 Å². The number of ether oxygens (including phenoxy) is 1. The SMILES string of the molecule is CCCNCc1ccnc(OCCN(C)C2CC2)c1. The molecule has 2 rings (SSSR count). The van der Waals surface area contributed by atoms with Gasteiger partial charge < -0.3 is 15.0 Å². The Hall–Kier alpha value is -1.13. The third-order valence-corrected chi connectivity index (χ3v) is 3.42. The minimum absolute atomic E-state index is 0.714. The van der Waals surface area contributed by atoms with Gasteiger partial charge in [0.05, 0.1) is 0 Å². The average molecular weight is 263 g/mol. The van der Waals surface area contributed by atoms with E-state index in [1.807, 2.05) is 18.3 Å². The van der Waals surface area contributed by atoms with Crippen LogP contribution in [0, 0.1) is 0 Å². The summed E-state index contributed by atoms with van der Waals surface area (Å²) in [6, 6.07) is 4.85. The quantitative estimate of drug-likeness (QED) is 0.692. The molecule has 1 N–H and O–H groups in total. The minimum atomic E-state index is 0.714. The molecule has 1 aromatic heterocycles. The lowest BCUT2D eigenvalue weighted by Crippen LogP contribution is -2.26. The van der Waals surface area contributed by atoms with Crippen molar-refractivity contribution in [2.75, 3.05) is 26.7 Å². The maximum absolute atomic E-state index is 5.72. The Morgan fingerprint density at radius 2 is 2.32 bits per heavy atom. The molecule has 106 valence electrons. The summed E-state index contributed by atoms with van der Waals surface area (Å²) in [7, 11) is 2.17. The van der Waals surface area contributed by atoms with Crippen LogP contribution in [0.25, 0.3) is 0 Å². The summed E-state index contributed by atoms with van der Waals surface area (Å²) in [5.41, 5.74) is 1.23. The summed E-state index contributed by atoms with van der Waals surface area (Å²) in [4.78, 5) is 6.62. The van der Waals surface area contributed by atoms with E-state index >= 15 is 0 Å². The molecule has 0 radical (unpaired) electrons. The van der Waals surface area contributed by atoms with Gasteiger partial charge in [0, 0.05) is 31.4 Å². The number of pyridine rings is 1. The van der Waals surface area contributed by atoms with Crippen molar-refractivity contribution >= 4 is 0 Å². The molecule has 1 fully saturated rings. The largest absolute Gasteiger partial charge is 0.476 e. The molecule has 4 nitrogen and oxygen atoms in total. The maximum Gasteiger partial charge on any atom is 0.213 e. The van der Waals surface area contributed by atoms with Crippen LogP contribution in [-0.2, 0) is 6.54 Å². The van der Waals surface area contributed by atoms with Crippen molar-refractivity contribution in [3.05, 3.63) is 23.9 Å². The van der Waals surface area contributed by atoms with Crippen molar-refractivity contribution in [1.82, 2.24) is 15.2 Å². The van der Waals surface area contributed by atoms with Crippen LogP contribution in [0.1, 0.15) is 31.7 Å². The second-order valence-corrected chi connectivity index (χ2v) is 5.24. The molecule has 0 aromatic carbocycles. The average Bonchev–Trinajstić information content (AvgIpc) is 3.24. The number of nitrogens with one attached hydrogen (secondary N) is 1. The van der Waals surface area contributed by atoms with Crippen LogP contribution in [0.15, 0.2) is 18.3 Å². The highest BCUT2D eigenvalue weighted by molar-refractivity contribution is 5.20. The van der Waals surface area contributed by atoms with Crippen molar-refractivity contribution < 1.29 is 4.74 Å². The standard InChI is InChI=1S/C15H25N3O/c1-3-7-16-12-13-6-8-17-15(11-13)19-10-9-18(2)14-4-5-14/h6,8,11,14,16H,3-5,7,9-10,12H2,1-2H3. The second kappa shape index (κ2) is 7.46. The van der Waals surface area contributed by atoms with Gasteiger partial charge in [-0.25, -0.2) is 4.98 Å². The van der Waals surface area contributed by atoms with Gasteiger partial charge in [-0.2, -0.15) is 0 Å². The minimum Gasteiger partial charge on any atom is -0.476 e. The van der Waals surface area contributed by atoms with E-state index < -0.39 is 0 Å². The molecule has 0 amide bonds. The lowest BCUT2D eigenvalue weighted by Gasteiger charge is -2.15. The Morgan fingerprint density at radius 3 is 3.05 bits per heavy atom. The molecule has 0 bridgehead atoms. The molecule has 1 aliphatic rings. The highest BCUT2D eigenvalue weighted by Gasteiger charge is 2.25. The van der Waals surface area contributed by atoms with Gasteiger partial charge in [-0.3, -0.25) is 0 Å². The third-order valence-electron chi connectivity index (χ3n) is 3.42. The first kappa shape index (κ1) is 14.3. The number of likely N-dealkylation sites (N-methyl/N-ethyl adjacent to an activating group) is 1. The van der Waals surface area contributed by atoms with Gasteiger partial charge in [0.15, 0.2) is 0 Å². The van der Waals surface area contributed by atoms with Crippen LogP contribution in [0.2, 0.25) is 0 Å². The molecule has 0 spiro atoms. The molecule has 1 aliphatic carbocycles.